The first-order chi connectivity index (χ1) is 8.72. The first-order valence-electron chi connectivity index (χ1n) is 6.33. The van der Waals surface area contributed by atoms with E-state index in [9.17, 15) is 0 Å². The number of hydrogen-bond acceptors (Lipinski definition) is 2. The van der Waals surface area contributed by atoms with E-state index in [1.807, 2.05) is 12.1 Å². The summed E-state index contributed by atoms with van der Waals surface area (Å²) in [6, 6.07) is 6.61. The molecule has 0 atom stereocenters. The molecule has 2 aromatic rings. The number of fused-ring (bicyclic) bond motifs is 1. The molecule has 0 amide bonds. The average Bonchev–Trinajstić information content (AvgIpc) is 2.71. The van der Waals surface area contributed by atoms with Crippen molar-refractivity contribution in [3.05, 3.63) is 24.0 Å². The number of hydrogen-bond donors (Lipinski definition) is 0. The molecule has 96 valence electrons. The molecule has 0 saturated heterocycles. The van der Waals surface area contributed by atoms with Crippen molar-refractivity contribution in [2.75, 3.05) is 7.11 Å². The molecule has 1 aliphatic rings. The van der Waals surface area contributed by atoms with Crippen LogP contribution in [0.1, 0.15) is 31.6 Å². The van der Waals surface area contributed by atoms with Crippen molar-refractivity contribution in [3.8, 4) is 5.75 Å². The third-order valence-corrected chi connectivity index (χ3v) is 4.04. The van der Waals surface area contributed by atoms with Gasteiger partial charge in [-0.3, -0.25) is 0 Å². The predicted molar refractivity (Wildman–Crippen MR) is 73.3 cm³/mol. The van der Waals surface area contributed by atoms with E-state index >= 15 is 0 Å². The van der Waals surface area contributed by atoms with E-state index in [4.69, 9.17) is 16.3 Å². The zero-order valence-corrected chi connectivity index (χ0v) is 11.4. The van der Waals surface area contributed by atoms with E-state index in [1.54, 1.807) is 7.11 Å². The van der Waals surface area contributed by atoms with Gasteiger partial charge in [0.15, 0.2) is 0 Å². The Balaban J connectivity index is 2.10. The molecular weight excluding hydrogens is 248 g/mol. The lowest BCUT2D eigenvalue weighted by Crippen LogP contribution is -2.25. The van der Waals surface area contributed by atoms with Gasteiger partial charge < -0.3 is 9.30 Å². The fourth-order valence-electron chi connectivity index (χ4n) is 2.83. The SMILES string of the molecule is COc1ccc2c(c1)nc(CCl)n2C1CC(C)C1. The number of halogens is 1. The molecule has 1 saturated carbocycles. The van der Waals surface area contributed by atoms with Crippen molar-refractivity contribution in [1.82, 2.24) is 9.55 Å². The van der Waals surface area contributed by atoms with Gasteiger partial charge >= 0.3 is 0 Å². The highest BCUT2D eigenvalue weighted by molar-refractivity contribution is 6.16. The number of nitrogens with zero attached hydrogens (tertiary/aromatic N) is 2. The molecule has 3 nitrogen and oxygen atoms in total. The van der Waals surface area contributed by atoms with Crippen molar-refractivity contribution in [2.24, 2.45) is 5.92 Å². The van der Waals surface area contributed by atoms with Crippen LogP contribution in [0.15, 0.2) is 18.2 Å². The highest BCUT2D eigenvalue weighted by Crippen LogP contribution is 2.40. The van der Waals surface area contributed by atoms with Crippen molar-refractivity contribution in [1.29, 1.82) is 0 Å². The molecule has 0 aliphatic heterocycles. The molecule has 0 bridgehead atoms. The molecule has 1 aromatic carbocycles. The van der Waals surface area contributed by atoms with Gasteiger partial charge in [-0.1, -0.05) is 6.92 Å². The van der Waals surface area contributed by atoms with Gasteiger partial charge in [0.2, 0.25) is 0 Å². The molecule has 1 heterocycles. The van der Waals surface area contributed by atoms with E-state index in [2.05, 4.69) is 22.5 Å². The van der Waals surface area contributed by atoms with Crippen LogP contribution in [0.25, 0.3) is 11.0 Å². The lowest BCUT2D eigenvalue weighted by atomic mass is 9.81. The lowest BCUT2D eigenvalue weighted by Gasteiger charge is -2.35. The van der Waals surface area contributed by atoms with E-state index in [0.717, 1.165) is 23.0 Å². The fourth-order valence-corrected chi connectivity index (χ4v) is 3.02. The van der Waals surface area contributed by atoms with E-state index < -0.39 is 0 Å². The monoisotopic (exact) mass is 264 g/mol. The summed E-state index contributed by atoms with van der Waals surface area (Å²) in [5, 5.41) is 0. The van der Waals surface area contributed by atoms with Gasteiger partial charge in [0.05, 0.1) is 24.0 Å². The van der Waals surface area contributed by atoms with Crippen LogP contribution < -0.4 is 4.74 Å². The molecule has 0 radical (unpaired) electrons. The topological polar surface area (TPSA) is 27.1 Å². The number of methoxy groups -OCH3 is 1. The van der Waals surface area contributed by atoms with Gasteiger partial charge in [0, 0.05) is 12.1 Å². The van der Waals surface area contributed by atoms with E-state index in [-0.39, 0.29) is 0 Å². The highest BCUT2D eigenvalue weighted by Gasteiger charge is 2.29. The van der Waals surface area contributed by atoms with Crippen LogP contribution in [0, 0.1) is 5.92 Å². The van der Waals surface area contributed by atoms with E-state index in [1.165, 1.54) is 18.4 Å². The van der Waals surface area contributed by atoms with Crippen LogP contribution in [0.5, 0.6) is 5.75 Å². The third-order valence-electron chi connectivity index (χ3n) is 3.80. The number of aromatic nitrogens is 2. The van der Waals surface area contributed by atoms with Crippen LogP contribution in [-0.2, 0) is 5.88 Å². The van der Waals surface area contributed by atoms with Crippen LogP contribution in [0.2, 0.25) is 0 Å². The average molecular weight is 265 g/mol. The quantitative estimate of drug-likeness (QED) is 0.790. The third kappa shape index (κ3) is 1.77. The van der Waals surface area contributed by atoms with Crippen molar-refractivity contribution in [3.63, 3.8) is 0 Å². The summed E-state index contributed by atoms with van der Waals surface area (Å²) in [4.78, 5) is 4.62. The second-order valence-corrected chi connectivity index (χ2v) is 5.38. The number of benzene rings is 1. The molecule has 0 N–H and O–H groups in total. The number of alkyl halides is 1. The number of ether oxygens (including phenoxy) is 1. The van der Waals surface area contributed by atoms with Gasteiger partial charge in [-0.05, 0) is 30.9 Å². The Labute approximate surface area is 112 Å². The molecule has 0 unspecified atom stereocenters. The zero-order chi connectivity index (χ0) is 12.7. The Hall–Kier alpha value is -1.22. The minimum Gasteiger partial charge on any atom is -0.497 e. The summed E-state index contributed by atoms with van der Waals surface area (Å²) in [5.74, 6) is 3.09. The van der Waals surface area contributed by atoms with Gasteiger partial charge in [0.25, 0.3) is 0 Å². The Morgan fingerprint density at radius 2 is 2.22 bits per heavy atom. The normalized spacial score (nSPS) is 23.1. The van der Waals surface area contributed by atoms with E-state index in [0.29, 0.717) is 11.9 Å². The minimum absolute atomic E-state index is 0.460. The summed E-state index contributed by atoms with van der Waals surface area (Å²) >= 11 is 6.02. The number of imidazole rings is 1. The summed E-state index contributed by atoms with van der Waals surface area (Å²) in [6.45, 7) is 2.29. The molecule has 3 rings (SSSR count). The van der Waals surface area contributed by atoms with Gasteiger partial charge in [-0.25, -0.2) is 4.98 Å². The molecule has 1 aromatic heterocycles. The number of rotatable bonds is 3. The lowest BCUT2D eigenvalue weighted by molar-refractivity contribution is 0.217. The van der Waals surface area contributed by atoms with Crippen molar-refractivity contribution in [2.45, 2.75) is 31.7 Å². The standard InChI is InChI=1S/C14H17ClN2O/c1-9-5-10(6-9)17-13-4-3-11(18-2)7-12(13)16-14(17)8-15/h3-4,7,9-10H,5-6,8H2,1-2H3. The first-order valence-corrected chi connectivity index (χ1v) is 6.87. The smallest absolute Gasteiger partial charge is 0.125 e. The Bertz CT molecular complexity index is 572. The van der Waals surface area contributed by atoms with Crippen LogP contribution in [-0.4, -0.2) is 16.7 Å². The fraction of sp³-hybridized carbons (Fsp3) is 0.500. The Morgan fingerprint density at radius 1 is 1.44 bits per heavy atom. The Kier molecular flexibility index (Phi) is 2.94. The molecule has 1 aliphatic carbocycles. The second-order valence-electron chi connectivity index (χ2n) is 5.12. The second kappa shape index (κ2) is 4.47. The van der Waals surface area contributed by atoms with Crippen LogP contribution in [0.3, 0.4) is 0 Å². The molecule has 4 heteroatoms. The van der Waals surface area contributed by atoms with Gasteiger partial charge in [-0.15, -0.1) is 11.6 Å². The zero-order valence-electron chi connectivity index (χ0n) is 10.7. The van der Waals surface area contributed by atoms with Crippen molar-refractivity contribution >= 4 is 22.6 Å². The highest BCUT2D eigenvalue weighted by atomic mass is 35.5. The molecule has 0 spiro atoms. The maximum Gasteiger partial charge on any atom is 0.125 e. The van der Waals surface area contributed by atoms with Crippen LogP contribution in [0.4, 0.5) is 0 Å². The Morgan fingerprint density at radius 3 is 2.83 bits per heavy atom. The molecular formula is C14H17ClN2O. The summed E-state index contributed by atoms with van der Waals surface area (Å²) < 4.78 is 7.55. The molecule has 1 fully saturated rings. The maximum atomic E-state index is 6.02. The maximum absolute atomic E-state index is 6.02. The van der Waals surface area contributed by atoms with Gasteiger partial charge in [0.1, 0.15) is 11.6 Å². The largest absolute Gasteiger partial charge is 0.497 e. The summed E-state index contributed by atoms with van der Waals surface area (Å²) in [6.07, 6.45) is 2.45. The summed E-state index contributed by atoms with van der Waals surface area (Å²) in [5.41, 5.74) is 2.15. The first kappa shape index (κ1) is 11.8. The predicted octanol–water partition coefficient (Wildman–Crippen LogP) is 3.75. The van der Waals surface area contributed by atoms with Gasteiger partial charge in [-0.2, -0.15) is 0 Å². The summed E-state index contributed by atoms with van der Waals surface area (Å²) in [7, 11) is 1.67. The minimum atomic E-state index is 0.460. The molecule has 18 heavy (non-hydrogen) atoms. The van der Waals surface area contributed by atoms with Crippen molar-refractivity contribution < 1.29 is 4.74 Å². The van der Waals surface area contributed by atoms with Crippen LogP contribution >= 0.6 is 11.6 Å².